The Labute approximate surface area is 106 Å². The first-order valence-electron chi connectivity index (χ1n) is 6.24. The molecule has 0 saturated carbocycles. The van der Waals surface area contributed by atoms with Crippen LogP contribution < -0.4 is 4.90 Å². The highest BCUT2D eigenvalue weighted by Crippen LogP contribution is 2.29. The normalized spacial score (nSPS) is 24.7. The van der Waals surface area contributed by atoms with E-state index in [2.05, 4.69) is 0 Å². The van der Waals surface area contributed by atoms with Crippen LogP contribution in [0.3, 0.4) is 0 Å². The average molecular weight is 251 g/mol. The highest BCUT2D eigenvalue weighted by molar-refractivity contribution is 5.84. The van der Waals surface area contributed by atoms with E-state index in [9.17, 15) is 14.3 Å². The molecule has 0 bridgehead atoms. The highest BCUT2D eigenvalue weighted by Gasteiger charge is 2.26. The summed E-state index contributed by atoms with van der Waals surface area (Å²) in [5.74, 6) is -0.374. The fourth-order valence-electron chi connectivity index (χ4n) is 2.45. The van der Waals surface area contributed by atoms with Crippen LogP contribution >= 0.6 is 0 Å². The molecule has 0 radical (unpaired) electrons. The van der Waals surface area contributed by atoms with Crippen molar-refractivity contribution in [2.24, 2.45) is 0 Å². The maximum absolute atomic E-state index is 13.9. The minimum absolute atomic E-state index is 0.366. The number of carbonyl (C=O) groups is 1. The molecule has 0 aliphatic carbocycles. The lowest BCUT2D eigenvalue weighted by atomic mass is 9.98. The van der Waals surface area contributed by atoms with Crippen molar-refractivity contribution in [3.8, 4) is 0 Å². The molecule has 1 aromatic rings. The van der Waals surface area contributed by atoms with Gasteiger partial charge in [0.25, 0.3) is 0 Å². The van der Waals surface area contributed by atoms with E-state index in [1.807, 2.05) is 4.90 Å². The summed E-state index contributed by atoms with van der Waals surface area (Å²) in [7, 11) is 0. The van der Waals surface area contributed by atoms with Crippen LogP contribution in [0.2, 0.25) is 0 Å². The summed E-state index contributed by atoms with van der Waals surface area (Å²) in [6, 6.07) is 4.52. The molecular weight excluding hydrogens is 233 g/mol. The first-order chi connectivity index (χ1) is 8.53. The fraction of sp³-hybridized carbons (Fsp3) is 0.500. The smallest absolute Gasteiger partial charge is 0.152 e. The van der Waals surface area contributed by atoms with Crippen LogP contribution in [0, 0.1) is 5.82 Å². The van der Waals surface area contributed by atoms with Gasteiger partial charge in [0.2, 0.25) is 0 Å². The number of hydrogen-bond acceptors (Lipinski definition) is 3. The molecule has 18 heavy (non-hydrogen) atoms. The van der Waals surface area contributed by atoms with E-state index in [4.69, 9.17) is 0 Å². The monoisotopic (exact) mass is 251 g/mol. The van der Waals surface area contributed by atoms with Gasteiger partial charge in [0.15, 0.2) is 6.29 Å². The number of aldehydes is 1. The average Bonchev–Trinajstić information content (AvgIpc) is 2.50. The minimum atomic E-state index is -0.693. The Kier molecular flexibility index (Phi) is 3.66. The lowest BCUT2D eigenvalue weighted by Gasteiger charge is -2.25. The predicted octanol–water partition coefficient (Wildman–Crippen LogP) is 2.38. The van der Waals surface area contributed by atoms with Crippen LogP contribution in [0.4, 0.5) is 10.1 Å². The van der Waals surface area contributed by atoms with Gasteiger partial charge in [-0.25, -0.2) is 4.39 Å². The quantitative estimate of drug-likeness (QED) is 0.820. The fourth-order valence-corrected chi connectivity index (χ4v) is 2.45. The number of halogens is 1. The SMILES string of the molecule is CC1(O)CCCN(c2c(F)cccc2C=O)CC1. The molecule has 0 aromatic heterocycles. The van der Waals surface area contributed by atoms with E-state index in [0.717, 1.165) is 6.42 Å². The summed E-state index contributed by atoms with van der Waals surface area (Å²) in [5.41, 5.74) is 0.0446. The summed E-state index contributed by atoms with van der Waals surface area (Å²) in [6.45, 7) is 3.03. The van der Waals surface area contributed by atoms with Gasteiger partial charge in [-0.05, 0) is 38.3 Å². The van der Waals surface area contributed by atoms with Gasteiger partial charge in [-0.15, -0.1) is 0 Å². The number of nitrogens with zero attached hydrogens (tertiary/aromatic N) is 1. The summed E-state index contributed by atoms with van der Waals surface area (Å²) in [6.07, 6.45) is 2.76. The van der Waals surface area contributed by atoms with E-state index < -0.39 is 5.60 Å². The van der Waals surface area contributed by atoms with Crippen LogP contribution in [0.1, 0.15) is 36.5 Å². The second kappa shape index (κ2) is 5.06. The Morgan fingerprint density at radius 3 is 2.89 bits per heavy atom. The van der Waals surface area contributed by atoms with Crippen LogP contribution in [0.25, 0.3) is 0 Å². The molecule has 0 spiro atoms. The molecular formula is C14H18FNO2. The largest absolute Gasteiger partial charge is 0.390 e. The Morgan fingerprint density at radius 2 is 2.17 bits per heavy atom. The second-order valence-electron chi connectivity index (χ2n) is 5.13. The van der Waals surface area contributed by atoms with E-state index in [0.29, 0.717) is 43.5 Å². The number of para-hydroxylation sites is 1. The third kappa shape index (κ3) is 2.70. The van der Waals surface area contributed by atoms with Crippen molar-refractivity contribution in [3.63, 3.8) is 0 Å². The molecule has 0 amide bonds. The van der Waals surface area contributed by atoms with Gasteiger partial charge in [0.1, 0.15) is 5.82 Å². The molecule has 1 saturated heterocycles. The molecule has 3 nitrogen and oxygen atoms in total. The van der Waals surface area contributed by atoms with Crippen molar-refractivity contribution in [2.75, 3.05) is 18.0 Å². The van der Waals surface area contributed by atoms with Gasteiger partial charge in [-0.2, -0.15) is 0 Å². The second-order valence-corrected chi connectivity index (χ2v) is 5.13. The van der Waals surface area contributed by atoms with Crippen molar-refractivity contribution in [2.45, 2.75) is 31.8 Å². The van der Waals surface area contributed by atoms with Crippen molar-refractivity contribution in [1.29, 1.82) is 0 Å². The van der Waals surface area contributed by atoms with Gasteiger partial charge in [0, 0.05) is 18.7 Å². The first kappa shape index (κ1) is 13.0. The third-order valence-electron chi connectivity index (χ3n) is 3.52. The molecule has 1 heterocycles. The van der Waals surface area contributed by atoms with E-state index in [1.165, 1.54) is 12.1 Å². The molecule has 2 rings (SSSR count). The van der Waals surface area contributed by atoms with Crippen molar-refractivity contribution in [1.82, 2.24) is 0 Å². The standard InChI is InChI=1S/C14H18FNO2/c1-14(18)6-3-8-16(9-7-14)13-11(10-17)4-2-5-12(13)15/h2,4-5,10,18H,3,6-9H2,1H3. The van der Waals surface area contributed by atoms with Gasteiger partial charge < -0.3 is 10.0 Å². The van der Waals surface area contributed by atoms with E-state index in [-0.39, 0.29) is 5.82 Å². The Morgan fingerprint density at radius 1 is 1.39 bits per heavy atom. The first-order valence-corrected chi connectivity index (χ1v) is 6.24. The maximum atomic E-state index is 13.9. The Hall–Kier alpha value is -1.42. The molecule has 1 aliphatic rings. The molecule has 1 atom stereocenters. The topological polar surface area (TPSA) is 40.5 Å². The Balaban J connectivity index is 2.29. The van der Waals surface area contributed by atoms with E-state index >= 15 is 0 Å². The van der Waals surface area contributed by atoms with Crippen LogP contribution in [-0.4, -0.2) is 30.1 Å². The van der Waals surface area contributed by atoms with Gasteiger partial charge >= 0.3 is 0 Å². The lowest BCUT2D eigenvalue weighted by Crippen LogP contribution is -2.29. The highest BCUT2D eigenvalue weighted by atomic mass is 19.1. The number of carbonyl (C=O) groups excluding carboxylic acids is 1. The molecule has 1 aromatic carbocycles. The number of hydrogen-bond donors (Lipinski definition) is 1. The van der Waals surface area contributed by atoms with Gasteiger partial charge in [-0.3, -0.25) is 4.79 Å². The lowest BCUT2D eigenvalue weighted by molar-refractivity contribution is 0.0481. The van der Waals surface area contributed by atoms with Gasteiger partial charge in [0.05, 0.1) is 11.3 Å². The zero-order chi connectivity index (χ0) is 13.2. The number of aliphatic hydroxyl groups is 1. The van der Waals surface area contributed by atoms with Crippen LogP contribution in [-0.2, 0) is 0 Å². The van der Waals surface area contributed by atoms with Gasteiger partial charge in [-0.1, -0.05) is 6.07 Å². The summed E-state index contributed by atoms with van der Waals surface area (Å²) < 4.78 is 13.9. The summed E-state index contributed by atoms with van der Waals surface area (Å²) in [4.78, 5) is 12.9. The molecule has 1 fully saturated rings. The van der Waals surface area contributed by atoms with Crippen molar-refractivity contribution >= 4 is 12.0 Å². The molecule has 4 heteroatoms. The number of rotatable bonds is 2. The summed E-state index contributed by atoms with van der Waals surface area (Å²) in [5, 5.41) is 10.0. The van der Waals surface area contributed by atoms with Crippen LogP contribution in [0.15, 0.2) is 18.2 Å². The van der Waals surface area contributed by atoms with Crippen molar-refractivity contribution < 1.29 is 14.3 Å². The molecule has 98 valence electrons. The zero-order valence-electron chi connectivity index (χ0n) is 10.5. The predicted molar refractivity (Wildman–Crippen MR) is 68.5 cm³/mol. The van der Waals surface area contributed by atoms with E-state index in [1.54, 1.807) is 13.0 Å². The molecule has 1 aliphatic heterocycles. The van der Waals surface area contributed by atoms with Crippen LogP contribution in [0.5, 0.6) is 0 Å². The number of anilines is 1. The Bertz CT molecular complexity index is 445. The minimum Gasteiger partial charge on any atom is -0.390 e. The summed E-state index contributed by atoms with van der Waals surface area (Å²) >= 11 is 0. The third-order valence-corrected chi connectivity index (χ3v) is 3.52. The maximum Gasteiger partial charge on any atom is 0.152 e. The number of benzene rings is 1. The molecule has 1 N–H and O–H groups in total. The van der Waals surface area contributed by atoms with Crippen molar-refractivity contribution in [3.05, 3.63) is 29.6 Å². The molecule has 1 unspecified atom stereocenters. The zero-order valence-corrected chi connectivity index (χ0v) is 10.5.